The van der Waals surface area contributed by atoms with Crippen molar-refractivity contribution in [2.45, 2.75) is 90.4 Å². The number of nitrogens with one attached hydrogen (secondary N) is 1. The van der Waals surface area contributed by atoms with Gasteiger partial charge in [0, 0.05) is 52.2 Å². The number of carbonyl (C=O) groups excluding carboxylic acids is 1. The molecular formula is C25H51N3O3. The van der Waals surface area contributed by atoms with Crippen LogP contribution in [0.1, 0.15) is 90.4 Å². The Bertz CT molecular complexity index is 401. The third-order valence-corrected chi connectivity index (χ3v) is 6.23. The van der Waals surface area contributed by atoms with Crippen LogP contribution in [0.4, 0.5) is 0 Å². The highest BCUT2D eigenvalue weighted by Crippen LogP contribution is 2.10. The highest BCUT2D eigenvalue weighted by atomic mass is 16.5. The van der Waals surface area contributed by atoms with Crippen molar-refractivity contribution in [3.05, 3.63) is 0 Å². The molecule has 0 spiro atoms. The highest BCUT2D eigenvalue weighted by molar-refractivity contribution is 5.69. The van der Waals surface area contributed by atoms with Crippen molar-refractivity contribution in [1.82, 2.24) is 15.1 Å². The Balaban J connectivity index is 1.77. The van der Waals surface area contributed by atoms with E-state index in [-0.39, 0.29) is 12.6 Å². The number of unbranched alkanes of at least 4 members (excludes halogenated alkanes) is 10. The molecule has 2 N–H and O–H groups in total. The minimum Gasteiger partial charge on any atom is -0.466 e. The van der Waals surface area contributed by atoms with E-state index in [0.29, 0.717) is 13.0 Å². The molecule has 6 nitrogen and oxygen atoms in total. The maximum atomic E-state index is 11.8. The Hall–Kier alpha value is -0.690. The Morgan fingerprint density at radius 3 is 2.00 bits per heavy atom. The maximum absolute atomic E-state index is 11.8. The maximum Gasteiger partial charge on any atom is 0.305 e. The molecule has 1 aliphatic rings. The zero-order chi connectivity index (χ0) is 22.4. The molecule has 1 aliphatic heterocycles. The average Bonchev–Trinajstić information content (AvgIpc) is 2.78. The molecule has 0 saturated carbocycles. The highest BCUT2D eigenvalue weighted by Gasteiger charge is 2.15. The van der Waals surface area contributed by atoms with E-state index in [1.165, 1.54) is 51.4 Å². The zero-order valence-electron chi connectivity index (χ0n) is 20.4. The van der Waals surface area contributed by atoms with Crippen molar-refractivity contribution >= 4 is 5.97 Å². The fourth-order valence-corrected chi connectivity index (χ4v) is 4.11. The van der Waals surface area contributed by atoms with Crippen LogP contribution in [0.15, 0.2) is 0 Å². The Kier molecular flexibility index (Phi) is 19.4. The number of esters is 1. The number of rotatable bonds is 21. The van der Waals surface area contributed by atoms with Crippen LogP contribution in [-0.2, 0) is 9.53 Å². The summed E-state index contributed by atoms with van der Waals surface area (Å²) in [6.07, 6.45) is 15.3. The number of aliphatic hydroxyl groups is 1. The summed E-state index contributed by atoms with van der Waals surface area (Å²) in [5.74, 6) is -0.0205. The normalized spacial score (nSPS) is 15.4. The van der Waals surface area contributed by atoms with Crippen molar-refractivity contribution in [2.24, 2.45) is 0 Å². The van der Waals surface area contributed by atoms with Gasteiger partial charge in [0.15, 0.2) is 0 Å². The summed E-state index contributed by atoms with van der Waals surface area (Å²) in [5, 5.41) is 12.5. The molecule has 1 fully saturated rings. The summed E-state index contributed by atoms with van der Waals surface area (Å²) < 4.78 is 5.36. The first-order valence-electron chi connectivity index (χ1n) is 13.2. The predicted molar refractivity (Wildman–Crippen MR) is 129 cm³/mol. The van der Waals surface area contributed by atoms with Gasteiger partial charge in [-0.05, 0) is 25.8 Å². The minimum atomic E-state index is -0.0205. The van der Waals surface area contributed by atoms with E-state index in [4.69, 9.17) is 9.84 Å². The van der Waals surface area contributed by atoms with Crippen LogP contribution in [-0.4, -0.2) is 86.4 Å². The Morgan fingerprint density at radius 2 is 1.35 bits per heavy atom. The van der Waals surface area contributed by atoms with Gasteiger partial charge >= 0.3 is 5.97 Å². The number of piperazine rings is 1. The largest absolute Gasteiger partial charge is 0.466 e. The third kappa shape index (κ3) is 17.5. The second-order valence-electron chi connectivity index (χ2n) is 9.02. The molecule has 0 aromatic carbocycles. The van der Waals surface area contributed by atoms with Crippen LogP contribution in [0.3, 0.4) is 0 Å². The molecule has 0 aliphatic carbocycles. The molecule has 0 aromatic heterocycles. The first-order chi connectivity index (χ1) is 15.3. The molecule has 31 heavy (non-hydrogen) atoms. The van der Waals surface area contributed by atoms with E-state index in [1.807, 2.05) is 0 Å². The number of hydrogen-bond acceptors (Lipinski definition) is 6. The summed E-state index contributed by atoms with van der Waals surface area (Å²) in [6, 6.07) is 0. The summed E-state index contributed by atoms with van der Waals surface area (Å²) in [4.78, 5) is 16.6. The molecule has 0 radical (unpaired) electrons. The fraction of sp³-hybridized carbons (Fsp3) is 0.960. The zero-order valence-corrected chi connectivity index (χ0v) is 20.4. The van der Waals surface area contributed by atoms with Gasteiger partial charge in [-0.25, -0.2) is 0 Å². The molecular weight excluding hydrogens is 390 g/mol. The van der Waals surface area contributed by atoms with Crippen molar-refractivity contribution in [3.63, 3.8) is 0 Å². The molecule has 1 rings (SSSR count). The second-order valence-corrected chi connectivity index (χ2v) is 9.02. The van der Waals surface area contributed by atoms with Gasteiger partial charge < -0.3 is 15.2 Å². The van der Waals surface area contributed by atoms with E-state index < -0.39 is 0 Å². The summed E-state index contributed by atoms with van der Waals surface area (Å²) >= 11 is 0. The average molecular weight is 442 g/mol. The van der Waals surface area contributed by atoms with Gasteiger partial charge in [0.2, 0.25) is 0 Å². The SMILES string of the molecule is CCCCCCCCCCCOC(=O)CCCCCNCCN1CCN(CCO)CC1. The van der Waals surface area contributed by atoms with Gasteiger partial charge in [-0.2, -0.15) is 0 Å². The lowest BCUT2D eigenvalue weighted by Gasteiger charge is -2.34. The molecule has 0 amide bonds. The lowest BCUT2D eigenvalue weighted by molar-refractivity contribution is -0.143. The summed E-state index contributed by atoms with van der Waals surface area (Å²) in [5.41, 5.74) is 0. The number of aliphatic hydroxyl groups excluding tert-OH is 1. The second kappa shape index (κ2) is 21.2. The van der Waals surface area contributed by atoms with E-state index in [0.717, 1.165) is 78.0 Å². The molecule has 184 valence electrons. The van der Waals surface area contributed by atoms with Crippen LogP contribution in [0.2, 0.25) is 0 Å². The molecule has 1 heterocycles. The Labute approximate surface area is 192 Å². The van der Waals surface area contributed by atoms with Crippen molar-refractivity contribution in [3.8, 4) is 0 Å². The molecule has 0 atom stereocenters. The van der Waals surface area contributed by atoms with E-state index in [2.05, 4.69) is 22.0 Å². The van der Waals surface area contributed by atoms with Crippen molar-refractivity contribution < 1.29 is 14.6 Å². The molecule has 1 saturated heterocycles. The first-order valence-corrected chi connectivity index (χ1v) is 13.2. The van der Waals surface area contributed by atoms with E-state index in [1.54, 1.807) is 0 Å². The predicted octanol–water partition coefficient (Wildman–Crippen LogP) is 3.82. The molecule has 0 aromatic rings. The van der Waals surface area contributed by atoms with Crippen LogP contribution >= 0.6 is 0 Å². The smallest absolute Gasteiger partial charge is 0.305 e. The number of β-amino-alcohol motifs (C(OH)–C–C–N with tert-alkyl or cyclic N) is 1. The van der Waals surface area contributed by atoms with Crippen molar-refractivity contribution in [2.75, 3.05) is 65.6 Å². The quantitative estimate of drug-likeness (QED) is 0.209. The fourth-order valence-electron chi connectivity index (χ4n) is 4.11. The Morgan fingerprint density at radius 1 is 0.774 bits per heavy atom. The van der Waals surface area contributed by atoms with E-state index >= 15 is 0 Å². The number of ether oxygens (including phenoxy) is 1. The first kappa shape index (κ1) is 28.3. The minimum absolute atomic E-state index is 0.0205. The van der Waals surface area contributed by atoms with Gasteiger partial charge in [0.25, 0.3) is 0 Å². The summed E-state index contributed by atoms with van der Waals surface area (Å²) in [6.45, 7) is 11.4. The van der Waals surface area contributed by atoms with Crippen molar-refractivity contribution in [1.29, 1.82) is 0 Å². The van der Waals surface area contributed by atoms with Gasteiger partial charge in [0.1, 0.15) is 0 Å². The topological polar surface area (TPSA) is 65.0 Å². The molecule has 0 bridgehead atoms. The third-order valence-electron chi connectivity index (χ3n) is 6.23. The lowest BCUT2D eigenvalue weighted by Crippen LogP contribution is -2.48. The van der Waals surface area contributed by atoms with Gasteiger partial charge in [-0.15, -0.1) is 0 Å². The standard InChI is InChI=1S/C25H51N3O3/c1-2-3-4-5-6-7-8-9-13-24-31-25(30)14-11-10-12-15-26-16-17-27-18-20-28(21-19-27)22-23-29/h26,29H,2-24H2,1H3. The van der Waals surface area contributed by atoms with Crippen LogP contribution in [0, 0.1) is 0 Å². The van der Waals surface area contributed by atoms with Crippen LogP contribution < -0.4 is 5.32 Å². The number of nitrogens with zero attached hydrogens (tertiary/aromatic N) is 2. The number of carbonyl (C=O) groups is 1. The monoisotopic (exact) mass is 441 g/mol. The molecule has 0 unspecified atom stereocenters. The van der Waals surface area contributed by atoms with Crippen LogP contribution in [0.25, 0.3) is 0 Å². The number of hydrogen-bond donors (Lipinski definition) is 2. The van der Waals surface area contributed by atoms with Gasteiger partial charge in [0.05, 0.1) is 13.2 Å². The van der Waals surface area contributed by atoms with E-state index in [9.17, 15) is 4.79 Å². The van der Waals surface area contributed by atoms with Gasteiger partial charge in [-0.1, -0.05) is 64.7 Å². The van der Waals surface area contributed by atoms with Gasteiger partial charge in [-0.3, -0.25) is 14.6 Å². The lowest BCUT2D eigenvalue weighted by atomic mass is 10.1. The molecule has 6 heteroatoms. The summed E-state index contributed by atoms with van der Waals surface area (Å²) in [7, 11) is 0. The van der Waals surface area contributed by atoms with Crippen LogP contribution in [0.5, 0.6) is 0 Å².